The zero-order valence-corrected chi connectivity index (χ0v) is 13.6. The number of piperidine rings is 1. The Morgan fingerprint density at radius 2 is 1.84 bits per heavy atom. The average Bonchev–Trinajstić information content (AvgIpc) is 2.27. The predicted molar refractivity (Wildman–Crippen MR) is 80.3 cm³/mol. The first-order valence-electron chi connectivity index (χ1n) is 6.28. The van der Waals surface area contributed by atoms with Crippen molar-refractivity contribution >= 4 is 31.6 Å². The highest BCUT2D eigenvalue weighted by atomic mass is 79.9. The number of halogens is 1. The summed E-state index contributed by atoms with van der Waals surface area (Å²) in [6, 6.07) is 4.90. The first-order chi connectivity index (χ1) is 8.72. The molecule has 0 amide bonds. The van der Waals surface area contributed by atoms with Crippen LogP contribution in [-0.4, -0.2) is 25.8 Å². The van der Waals surface area contributed by atoms with E-state index in [0.29, 0.717) is 18.8 Å². The second kappa shape index (κ2) is 5.07. The summed E-state index contributed by atoms with van der Waals surface area (Å²) in [7, 11) is -3.47. The molecular formula is C13H19BrN2O2S. The third-order valence-corrected chi connectivity index (χ3v) is 6.13. The quantitative estimate of drug-likeness (QED) is 0.837. The second-order valence-corrected chi connectivity index (χ2v) is 8.57. The van der Waals surface area contributed by atoms with Gasteiger partial charge in [0.25, 0.3) is 0 Å². The van der Waals surface area contributed by atoms with Gasteiger partial charge in [-0.05, 0) is 36.5 Å². The Bertz CT molecular complexity index is 574. The van der Waals surface area contributed by atoms with Crippen LogP contribution in [0.3, 0.4) is 0 Å². The highest BCUT2D eigenvalue weighted by Gasteiger charge is 2.33. The van der Waals surface area contributed by atoms with Crippen LogP contribution >= 0.6 is 15.9 Å². The van der Waals surface area contributed by atoms with Gasteiger partial charge in [0.1, 0.15) is 4.90 Å². The van der Waals surface area contributed by atoms with Crippen LogP contribution in [0.2, 0.25) is 0 Å². The van der Waals surface area contributed by atoms with Gasteiger partial charge in [0.15, 0.2) is 0 Å². The molecule has 2 rings (SSSR count). The summed E-state index contributed by atoms with van der Waals surface area (Å²) in [6.45, 7) is 5.46. The van der Waals surface area contributed by atoms with Crippen molar-refractivity contribution in [2.75, 3.05) is 18.8 Å². The molecule has 1 saturated heterocycles. The molecule has 1 aromatic rings. The minimum Gasteiger partial charge on any atom is -0.398 e. The van der Waals surface area contributed by atoms with Crippen molar-refractivity contribution in [1.29, 1.82) is 0 Å². The fourth-order valence-electron chi connectivity index (χ4n) is 2.23. The molecule has 0 aliphatic carbocycles. The lowest BCUT2D eigenvalue weighted by atomic mass is 9.83. The molecule has 4 nitrogen and oxygen atoms in total. The van der Waals surface area contributed by atoms with Crippen molar-refractivity contribution in [3.63, 3.8) is 0 Å². The van der Waals surface area contributed by atoms with Crippen molar-refractivity contribution in [3.8, 4) is 0 Å². The van der Waals surface area contributed by atoms with Crippen LogP contribution in [0, 0.1) is 5.41 Å². The van der Waals surface area contributed by atoms with E-state index >= 15 is 0 Å². The molecule has 2 N–H and O–H groups in total. The third-order valence-electron chi connectivity index (χ3n) is 3.67. The van der Waals surface area contributed by atoms with Gasteiger partial charge in [0.2, 0.25) is 10.0 Å². The van der Waals surface area contributed by atoms with Gasteiger partial charge in [0.05, 0.1) is 5.69 Å². The molecule has 0 atom stereocenters. The standard InChI is InChI=1S/C13H19BrN2O2S/c1-13(2)5-7-16(8-6-13)19(17,18)12-4-3-10(14)9-11(12)15/h3-4,9H,5-8,15H2,1-2H3. The highest BCUT2D eigenvalue weighted by Crippen LogP contribution is 2.33. The Labute approximate surface area is 123 Å². The number of hydrogen-bond acceptors (Lipinski definition) is 3. The van der Waals surface area contributed by atoms with Crippen molar-refractivity contribution in [2.45, 2.75) is 31.6 Å². The highest BCUT2D eigenvalue weighted by molar-refractivity contribution is 9.10. The average molecular weight is 347 g/mol. The van der Waals surface area contributed by atoms with Gasteiger partial charge >= 0.3 is 0 Å². The zero-order valence-electron chi connectivity index (χ0n) is 11.2. The fraction of sp³-hybridized carbons (Fsp3) is 0.538. The van der Waals surface area contributed by atoms with E-state index in [9.17, 15) is 8.42 Å². The van der Waals surface area contributed by atoms with E-state index in [2.05, 4.69) is 29.8 Å². The topological polar surface area (TPSA) is 63.4 Å². The first kappa shape index (κ1) is 14.8. The summed E-state index contributed by atoms with van der Waals surface area (Å²) in [5.41, 5.74) is 6.34. The molecule has 6 heteroatoms. The van der Waals surface area contributed by atoms with Gasteiger partial charge in [-0.3, -0.25) is 0 Å². The molecule has 0 bridgehead atoms. The lowest BCUT2D eigenvalue weighted by Crippen LogP contribution is -2.41. The lowest BCUT2D eigenvalue weighted by molar-refractivity contribution is 0.196. The molecule has 1 aliphatic heterocycles. The second-order valence-electron chi connectivity index (χ2n) is 5.75. The van der Waals surface area contributed by atoms with E-state index in [-0.39, 0.29) is 10.3 Å². The van der Waals surface area contributed by atoms with Crippen molar-refractivity contribution < 1.29 is 8.42 Å². The molecule has 1 aliphatic rings. The minimum atomic E-state index is -3.47. The van der Waals surface area contributed by atoms with Crippen LogP contribution in [-0.2, 0) is 10.0 Å². The van der Waals surface area contributed by atoms with E-state index in [0.717, 1.165) is 17.3 Å². The van der Waals surface area contributed by atoms with Crippen molar-refractivity contribution in [1.82, 2.24) is 4.31 Å². The van der Waals surface area contributed by atoms with Gasteiger partial charge in [0, 0.05) is 17.6 Å². The van der Waals surface area contributed by atoms with Gasteiger partial charge in [-0.25, -0.2) is 8.42 Å². The molecule has 106 valence electrons. The van der Waals surface area contributed by atoms with E-state index in [1.54, 1.807) is 18.2 Å². The maximum absolute atomic E-state index is 12.6. The Kier molecular flexibility index (Phi) is 3.95. The minimum absolute atomic E-state index is 0.204. The largest absolute Gasteiger partial charge is 0.398 e. The Morgan fingerprint density at radius 3 is 2.37 bits per heavy atom. The number of sulfonamides is 1. The Balaban J connectivity index is 2.28. The number of nitrogens with zero attached hydrogens (tertiary/aromatic N) is 1. The van der Waals surface area contributed by atoms with Gasteiger partial charge in [-0.2, -0.15) is 4.31 Å². The van der Waals surface area contributed by atoms with Crippen molar-refractivity contribution in [2.24, 2.45) is 5.41 Å². The summed E-state index contributed by atoms with van der Waals surface area (Å²) < 4.78 is 27.4. The van der Waals surface area contributed by atoms with E-state index in [1.165, 1.54) is 4.31 Å². The van der Waals surface area contributed by atoms with Crippen LogP contribution < -0.4 is 5.73 Å². The molecule has 1 aromatic carbocycles. The summed E-state index contributed by atoms with van der Waals surface area (Å²) >= 11 is 3.29. The van der Waals surface area contributed by atoms with Crippen molar-refractivity contribution in [3.05, 3.63) is 22.7 Å². The van der Waals surface area contributed by atoms with Gasteiger partial charge in [-0.1, -0.05) is 29.8 Å². The molecule has 0 saturated carbocycles. The maximum atomic E-state index is 12.6. The Hall–Kier alpha value is -0.590. The smallest absolute Gasteiger partial charge is 0.245 e. The fourth-order valence-corrected chi connectivity index (χ4v) is 4.14. The van der Waals surface area contributed by atoms with Crippen LogP contribution in [0.25, 0.3) is 0 Å². The zero-order chi connectivity index (χ0) is 14.3. The SMILES string of the molecule is CC1(C)CCN(S(=O)(=O)c2ccc(Br)cc2N)CC1. The lowest BCUT2D eigenvalue weighted by Gasteiger charge is -2.36. The van der Waals surface area contributed by atoms with E-state index in [4.69, 9.17) is 5.73 Å². The number of nitrogen functional groups attached to an aromatic ring is 1. The molecule has 0 spiro atoms. The van der Waals surface area contributed by atoms with E-state index < -0.39 is 10.0 Å². The maximum Gasteiger partial charge on any atom is 0.245 e. The number of nitrogens with two attached hydrogens (primary N) is 1. The molecule has 0 unspecified atom stereocenters. The number of rotatable bonds is 2. The van der Waals surface area contributed by atoms with E-state index in [1.807, 2.05) is 0 Å². The number of benzene rings is 1. The Morgan fingerprint density at radius 1 is 1.26 bits per heavy atom. The van der Waals surface area contributed by atoms with Crippen LogP contribution in [0.4, 0.5) is 5.69 Å². The first-order valence-corrected chi connectivity index (χ1v) is 8.51. The predicted octanol–water partition coefficient (Wildman–Crippen LogP) is 2.84. The summed E-state index contributed by atoms with van der Waals surface area (Å²) in [5.74, 6) is 0. The van der Waals surface area contributed by atoms with Crippen LogP contribution in [0.5, 0.6) is 0 Å². The van der Waals surface area contributed by atoms with Gasteiger partial charge < -0.3 is 5.73 Å². The number of anilines is 1. The van der Waals surface area contributed by atoms with Crippen LogP contribution in [0.1, 0.15) is 26.7 Å². The molecule has 1 heterocycles. The monoisotopic (exact) mass is 346 g/mol. The van der Waals surface area contributed by atoms with Crippen LogP contribution in [0.15, 0.2) is 27.6 Å². The third kappa shape index (κ3) is 3.12. The summed E-state index contributed by atoms with van der Waals surface area (Å²) in [6.07, 6.45) is 1.76. The molecule has 1 fully saturated rings. The summed E-state index contributed by atoms with van der Waals surface area (Å²) in [4.78, 5) is 0.204. The molecule has 0 radical (unpaired) electrons. The van der Waals surface area contributed by atoms with Gasteiger partial charge in [-0.15, -0.1) is 0 Å². The summed E-state index contributed by atoms with van der Waals surface area (Å²) in [5, 5.41) is 0. The molecule has 0 aromatic heterocycles. The number of hydrogen-bond donors (Lipinski definition) is 1. The molecule has 19 heavy (non-hydrogen) atoms. The molecular weight excluding hydrogens is 328 g/mol. The normalized spacial score (nSPS) is 20.4.